The Balaban J connectivity index is 1.89. The number of halogens is 2. The van der Waals surface area contributed by atoms with Crippen molar-refractivity contribution in [2.75, 3.05) is 5.32 Å². The van der Waals surface area contributed by atoms with E-state index in [4.69, 9.17) is 23.2 Å². The van der Waals surface area contributed by atoms with E-state index in [2.05, 4.69) is 11.4 Å². The molecule has 1 aromatic carbocycles. The summed E-state index contributed by atoms with van der Waals surface area (Å²) < 4.78 is 0. The number of phenols is 1. The molecule has 2 aliphatic rings. The highest BCUT2D eigenvalue weighted by Crippen LogP contribution is 2.50. The summed E-state index contributed by atoms with van der Waals surface area (Å²) in [6, 6.07) is 1.54. The molecule has 2 atom stereocenters. The van der Waals surface area contributed by atoms with Gasteiger partial charge in [0.05, 0.1) is 16.1 Å². The third kappa shape index (κ3) is 2.00. The van der Waals surface area contributed by atoms with E-state index in [0.717, 1.165) is 19.3 Å². The fourth-order valence-electron chi connectivity index (χ4n) is 3.08. The van der Waals surface area contributed by atoms with Gasteiger partial charge < -0.3 is 10.4 Å². The maximum Gasteiger partial charge on any atom is 0.234 e. The lowest BCUT2D eigenvalue weighted by Crippen LogP contribution is -2.31. The second kappa shape index (κ2) is 4.68. The zero-order chi connectivity index (χ0) is 14.5. The molecule has 0 aromatic heterocycles. The lowest BCUT2D eigenvalue weighted by Gasteiger charge is -2.23. The van der Waals surface area contributed by atoms with Gasteiger partial charge in [-0.05, 0) is 43.7 Å². The minimum Gasteiger partial charge on any atom is -0.504 e. The van der Waals surface area contributed by atoms with Crippen LogP contribution in [0.5, 0.6) is 5.75 Å². The first-order valence-corrected chi connectivity index (χ1v) is 7.37. The van der Waals surface area contributed by atoms with Crippen molar-refractivity contribution >= 4 is 34.8 Å². The number of fused-ring (bicyclic) bond motifs is 2. The van der Waals surface area contributed by atoms with Gasteiger partial charge in [-0.1, -0.05) is 35.4 Å². The van der Waals surface area contributed by atoms with Crippen molar-refractivity contribution < 1.29 is 9.90 Å². The van der Waals surface area contributed by atoms with Crippen molar-refractivity contribution in [3.05, 3.63) is 33.8 Å². The molecule has 0 saturated heterocycles. The van der Waals surface area contributed by atoms with E-state index in [1.807, 2.05) is 6.08 Å². The first kappa shape index (κ1) is 13.8. The monoisotopic (exact) mass is 311 g/mol. The normalized spacial score (nSPS) is 27.1. The van der Waals surface area contributed by atoms with E-state index < -0.39 is 5.41 Å². The minimum atomic E-state index is -0.430. The number of carbonyl (C=O) groups excluding carboxylic acids is 1. The largest absolute Gasteiger partial charge is 0.504 e. The van der Waals surface area contributed by atoms with E-state index >= 15 is 0 Å². The van der Waals surface area contributed by atoms with E-state index in [9.17, 15) is 9.90 Å². The third-order valence-electron chi connectivity index (χ3n) is 4.40. The fraction of sp³-hybridized carbons (Fsp3) is 0.400. The van der Waals surface area contributed by atoms with Crippen molar-refractivity contribution in [2.45, 2.75) is 26.2 Å². The molecule has 2 N–H and O–H groups in total. The molecule has 1 fully saturated rings. The van der Waals surface area contributed by atoms with Gasteiger partial charge in [0, 0.05) is 5.02 Å². The molecule has 20 heavy (non-hydrogen) atoms. The average molecular weight is 312 g/mol. The number of hydrogen-bond acceptors (Lipinski definition) is 2. The van der Waals surface area contributed by atoms with Crippen molar-refractivity contribution in [2.24, 2.45) is 11.3 Å². The van der Waals surface area contributed by atoms with Gasteiger partial charge in [0.1, 0.15) is 0 Å². The Morgan fingerprint density at radius 2 is 2.25 bits per heavy atom. The first-order chi connectivity index (χ1) is 9.43. The van der Waals surface area contributed by atoms with Gasteiger partial charge in [0.15, 0.2) is 5.75 Å². The van der Waals surface area contributed by atoms with Crippen molar-refractivity contribution in [3.63, 3.8) is 0 Å². The molecule has 2 bridgehead atoms. The molecule has 3 nitrogen and oxygen atoms in total. The molecule has 0 heterocycles. The van der Waals surface area contributed by atoms with Crippen LogP contribution in [-0.4, -0.2) is 11.0 Å². The summed E-state index contributed by atoms with van der Waals surface area (Å²) >= 11 is 12.1. The predicted molar refractivity (Wildman–Crippen MR) is 80.4 cm³/mol. The van der Waals surface area contributed by atoms with Gasteiger partial charge in [-0.15, -0.1) is 0 Å². The van der Waals surface area contributed by atoms with Crippen molar-refractivity contribution in [1.82, 2.24) is 0 Å². The molecule has 0 aliphatic heterocycles. The summed E-state index contributed by atoms with van der Waals surface area (Å²) in [5.41, 5.74) is 0.443. The molecule has 0 spiro atoms. The van der Waals surface area contributed by atoms with Crippen LogP contribution in [0, 0.1) is 18.3 Å². The number of aromatic hydroxyl groups is 1. The second-order valence-corrected chi connectivity index (χ2v) is 6.45. The highest BCUT2D eigenvalue weighted by Gasteiger charge is 2.46. The molecule has 1 aromatic rings. The summed E-state index contributed by atoms with van der Waals surface area (Å²) in [6.45, 7) is 1.72. The molecule has 2 aliphatic carbocycles. The molecular formula is C15H15Cl2NO2. The Bertz CT molecular complexity index is 627. The summed E-state index contributed by atoms with van der Waals surface area (Å²) in [6.07, 6.45) is 6.86. The number of benzene rings is 1. The average Bonchev–Trinajstić information content (AvgIpc) is 3.04. The number of allylic oxidation sites excluding steroid dienone is 1. The maximum atomic E-state index is 12.5. The van der Waals surface area contributed by atoms with E-state index in [1.165, 1.54) is 6.07 Å². The van der Waals surface area contributed by atoms with Gasteiger partial charge in [-0.2, -0.15) is 0 Å². The van der Waals surface area contributed by atoms with Gasteiger partial charge in [-0.25, -0.2) is 0 Å². The molecule has 2 unspecified atom stereocenters. The summed E-state index contributed by atoms with van der Waals surface area (Å²) in [7, 11) is 0. The number of phenolic OH excluding ortho intramolecular Hbond substituents is 1. The fourth-order valence-corrected chi connectivity index (χ4v) is 3.53. The van der Waals surface area contributed by atoms with Gasteiger partial charge in [0.2, 0.25) is 5.91 Å². The Morgan fingerprint density at radius 3 is 2.80 bits per heavy atom. The van der Waals surface area contributed by atoms with Crippen LogP contribution in [0.15, 0.2) is 18.2 Å². The minimum absolute atomic E-state index is 0.0972. The maximum absolute atomic E-state index is 12.5. The van der Waals surface area contributed by atoms with Crippen LogP contribution < -0.4 is 5.32 Å². The Kier molecular flexibility index (Phi) is 3.22. The van der Waals surface area contributed by atoms with E-state index in [-0.39, 0.29) is 22.4 Å². The number of rotatable bonds is 2. The summed E-state index contributed by atoms with van der Waals surface area (Å²) in [5, 5.41) is 13.4. The Hall–Kier alpha value is -1.19. The molecule has 106 valence electrons. The summed E-state index contributed by atoms with van der Waals surface area (Å²) in [5.74, 6) is 0.286. The molecular weight excluding hydrogens is 297 g/mol. The number of anilines is 1. The number of amides is 1. The van der Waals surface area contributed by atoms with Crippen molar-refractivity contribution in [3.8, 4) is 5.75 Å². The predicted octanol–water partition coefficient (Wildman–Crippen LogP) is 4.30. The van der Waals surface area contributed by atoms with Gasteiger partial charge in [0.25, 0.3) is 0 Å². The third-order valence-corrected chi connectivity index (χ3v) is 5.25. The zero-order valence-electron chi connectivity index (χ0n) is 11.0. The number of carbonyl (C=O) groups is 1. The highest BCUT2D eigenvalue weighted by atomic mass is 35.5. The summed E-state index contributed by atoms with van der Waals surface area (Å²) in [4.78, 5) is 12.5. The molecule has 0 radical (unpaired) electrons. The highest BCUT2D eigenvalue weighted by molar-refractivity contribution is 6.37. The Labute approximate surface area is 127 Å². The lowest BCUT2D eigenvalue weighted by atomic mass is 9.86. The van der Waals surface area contributed by atoms with Gasteiger partial charge in [-0.3, -0.25) is 4.79 Å². The van der Waals surface area contributed by atoms with Crippen LogP contribution >= 0.6 is 23.2 Å². The topological polar surface area (TPSA) is 49.3 Å². The van der Waals surface area contributed by atoms with Crippen LogP contribution in [-0.2, 0) is 4.79 Å². The van der Waals surface area contributed by atoms with Gasteiger partial charge >= 0.3 is 0 Å². The molecule has 5 heteroatoms. The van der Waals surface area contributed by atoms with Crippen molar-refractivity contribution in [1.29, 1.82) is 0 Å². The molecule has 3 rings (SSSR count). The first-order valence-electron chi connectivity index (χ1n) is 6.61. The van der Waals surface area contributed by atoms with E-state index in [1.54, 1.807) is 6.92 Å². The SMILES string of the molecule is Cc1c(Cl)cc(NC(=O)C23C=CC(CC2)C3)c(O)c1Cl. The standard InChI is InChI=1S/C15H15Cl2NO2/c1-8-10(16)6-11(13(19)12(8)17)18-14(20)15-4-2-9(7-15)3-5-15/h2,4,6,9,19H,3,5,7H2,1H3,(H,18,20). The molecule has 1 amide bonds. The van der Waals surface area contributed by atoms with Crippen LogP contribution in [0.25, 0.3) is 0 Å². The van der Waals surface area contributed by atoms with E-state index in [0.29, 0.717) is 16.5 Å². The second-order valence-electron chi connectivity index (χ2n) is 5.67. The zero-order valence-corrected chi connectivity index (χ0v) is 12.6. The Morgan fingerprint density at radius 1 is 1.50 bits per heavy atom. The quantitative estimate of drug-likeness (QED) is 0.632. The number of hydrogen-bond donors (Lipinski definition) is 2. The number of nitrogens with one attached hydrogen (secondary N) is 1. The molecule has 1 saturated carbocycles. The smallest absolute Gasteiger partial charge is 0.234 e. The van der Waals surface area contributed by atoms with Crippen LogP contribution in [0.4, 0.5) is 5.69 Å². The van der Waals surface area contributed by atoms with Crippen LogP contribution in [0.1, 0.15) is 24.8 Å². The van der Waals surface area contributed by atoms with Crippen LogP contribution in [0.3, 0.4) is 0 Å². The van der Waals surface area contributed by atoms with Crippen LogP contribution in [0.2, 0.25) is 10.0 Å². The lowest BCUT2D eigenvalue weighted by molar-refractivity contribution is -0.122.